The van der Waals surface area contributed by atoms with Crippen LogP contribution >= 0.6 is 0 Å². The molecule has 0 N–H and O–H groups in total. The molecule has 0 saturated heterocycles. The summed E-state index contributed by atoms with van der Waals surface area (Å²) >= 11 is 0. The van der Waals surface area contributed by atoms with Crippen LogP contribution in [-0.4, -0.2) is 44.4 Å². The molecule has 0 aliphatic carbocycles. The summed E-state index contributed by atoms with van der Waals surface area (Å²) < 4.78 is 16.0. The summed E-state index contributed by atoms with van der Waals surface area (Å²) in [6, 6.07) is 15.7. The van der Waals surface area contributed by atoms with Gasteiger partial charge in [0.2, 0.25) is 0 Å². The van der Waals surface area contributed by atoms with Gasteiger partial charge in [-0.05, 0) is 46.2 Å². The van der Waals surface area contributed by atoms with Crippen molar-refractivity contribution < 1.29 is 19.0 Å². The van der Waals surface area contributed by atoms with Crippen molar-refractivity contribution in [3.8, 4) is 17.2 Å². The second-order valence-electron chi connectivity index (χ2n) is 7.57. The molecule has 0 aromatic heterocycles. The van der Waals surface area contributed by atoms with E-state index in [1.54, 1.807) is 38.4 Å². The lowest BCUT2D eigenvalue weighted by molar-refractivity contribution is 0.0817. The normalized spacial score (nSPS) is 17.1. The van der Waals surface area contributed by atoms with Crippen LogP contribution in [0, 0.1) is 0 Å². The SMILES string of the molecule is COc1ccc2cc(C3=CN4C(=O)c5cc(OC)c(OC)cc5N=C[C@@H]4C3)ccc2c1. The van der Waals surface area contributed by atoms with Crippen LogP contribution in [0.15, 0.2) is 59.7 Å². The zero-order valence-corrected chi connectivity index (χ0v) is 17.6. The molecule has 0 bridgehead atoms. The Bertz CT molecular complexity index is 1260. The maximum absolute atomic E-state index is 13.3. The Balaban J connectivity index is 1.51. The highest BCUT2D eigenvalue weighted by Crippen LogP contribution is 2.39. The molecule has 1 atom stereocenters. The maximum Gasteiger partial charge on any atom is 0.260 e. The average Bonchev–Trinajstić information content (AvgIpc) is 3.20. The van der Waals surface area contributed by atoms with Crippen molar-refractivity contribution in [1.82, 2.24) is 4.90 Å². The lowest BCUT2D eigenvalue weighted by Crippen LogP contribution is -2.32. The predicted octanol–water partition coefficient (Wildman–Crippen LogP) is 4.84. The number of ether oxygens (including phenoxy) is 3. The van der Waals surface area contributed by atoms with E-state index in [0.29, 0.717) is 29.2 Å². The Hall–Kier alpha value is -3.80. The van der Waals surface area contributed by atoms with Crippen LogP contribution in [0.4, 0.5) is 5.69 Å². The van der Waals surface area contributed by atoms with Crippen molar-refractivity contribution >= 4 is 34.2 Å². The molecule has 2 aliphatic heterocycles. The van der Waals surface area contributed by atoms with Crippen LogP contribution in [-0.2, 0) is 0 Å². The fraction of sp³-hybridized carbons (Fsp3) is 0.200. The van der Waals surface area contributed by atoms with Gasteiger partial charge in [-0.25, -0.2) is 0 Å². The van der Waals surface area contributed by atoms with Crippen molar-refractivity contribution in [2.45, 2.75) is 12.5 Å². The summed E-state index contributed by atoms with van der Waals surface area (Å²) in [5, 5.41) is 2.24. The van der Waals surface area contributed by atoms with Crippen LogP contribution in [0.25, 0.3) is 16.3 Å². The molecule has 3 aromatic carbocycles. The Morgan fingerprint density at radius 3 is 2.42 bits per heavy atom. The molecule has 0 fully saturated rings. The molecule has 6 nitrogen and oxygen atoms in total. The van der Waals surface area contributed by atoms with E-state index in [9.17, 15) is 4.79 Å². The molecule has 31 heavy (non-hydrogen) atoms. The van der Waals surface area contributed by atoms with Crippen LogP contribution in [0.1, 0.15) is 22.3 Å². The van der Waals surface area contributed by atoms with Gasteiger partial charge in [-0.3, -0.25) is 9.79 Å². The van der Waals surface area contributed by atoms with E-state index < -0.39 is 0 Å². The standard InChI is InChI=1S/C25H22N2O4/c1-29-20-7-6-15-8-16(4-5-17(15)10-20)18-9-19-13-26-22-12-24(31-3)23(30-2)11-21(22)25(28)27(19)14-18/h4-8,10-14,19H,9H2,1-3H3/t19-/m0/s1. The van der Waals surface area contributed by atoms with E-state index >= 15 is 0 Å². The van der Waals surface area contributed by atoms with Crippen molar-refractivity contribution in [3.05, 3.63) is 65.9 Å². The molecule has 1 amide bonds. The molecule has 0 radical (unpaired) electrons. The first-order valence-corrected chi connectivity index (χ1v) is 10.0. The summed E-state index contributed by atoms with van der Waals surface area (Å²) in [7, 11) is 4.79. The Morgan fingerprint density at radius 2 is 1.65 bits per heavy atom. The van der Waals surface area contributed by atoms with E-state index in [0.717, 1.165) is 27.7 Å². The highest BCUT2D eigenvalue weighted by molar-refractivity contribution is 6.05. The number of amides is 1. The van der Waals surface area contributed by atoms with Crippen LogP contribution < -0.4 is 14.2 Å². The van der Waals surface area contributed by atoms with E-state index in [-0.39, 0.29) is 11.9 Å². The van der Waals surface area contributed by atoms with Crippen molar-refractivity contribution in [2.75, 3.05) is 21.3 Å². The number of hydrogen-bond acceptors (Lipinski definition) is 5. The number of methoxy groups -OCH3 is 3. The van der Waals surface area contributed by atoms with Gasteiger partial charge >= 0.3 is 0 Å². The van der Waals surface area contributed by atoms with E-state index in [4.69, 9.17) is 14.2 Å². The molecule has 0 spiro atoms. The molecular weight excluding hydrogens is 392 g/mol. The van der Waals surface area contributed by atoms with Gasteiger partial charge in [0.15, 0.2) is 11.5 Å². The maximum atomic E-state index is 13.3. The number of aliphatic imine (C=N–C) groups is 1. The lowest BCUT2D eigenvalue weighted by Gasteiger charge is -2.18. The largest absolute Gasteiger partial charge is 0.497 e. The molecule has 5 rings (SSSR count). The Kier molecular flexibility index (Phi) is 4.62. The Morgan fingerprint density at radius 1 is 0.903 bits per heavy atom. The van der Waals surface area contributed by atoms with Gasteiger partial charge in [-0.2, -0.15) is 0 Å². The minimum absolute atomic E-state index is 0.0982. The van der Waals surface area contributed by atoms with E-state index in [1.165, 1.54) is 0 Å². The number of hydrogen-bond donors (Lipinski definition) is 0. The molecule has 3 aromatic rings. The predicted molar refractivity (Wildman–Crippen MR) is 121 cm³/mol. The summed E-state index contributed by atoms with van der Waals surface area (Å²) in [6.45, 7) is 0. The van der Waals surface area contributed by atoms with Gasteiger partial charge in [0.1, 0.15) is 5.75 Å². The molecule has 0 saturated carbocycles. The first-order chi connectivity index (χ1) is 15.1. The fourth-order valence-electron chi connectivity index (χ4n) is 4.17. The molecule has 2 heterocycles. The molecular formula is C25H22N2O4. The van der Waals surface area contributed by atoms with Crippen molar-refractivity contribution in [1.29, 1.82) is 0 Å². The van der Waals surface area contributed by atoms with Gasteiger partial charge in [-0.1, -0.05) is 18.2 Å². The van der Waals surface area contributed by atoms with Crippen LogP contribution in [0.3, 0.4) is 0 Å². The highest BCUT2D eigenvalue weighted by Gasteiger charge is 2.33. The van der Waals surface area contributed by atoms with Gasteiger partial charge in [0, 0.05) is 24.9 Å². The van der Waals surface area contributed by atoms with Crippen molar-refractivity contribution in [3.63, 3.8) is 0 Å². The molecule has 2 aliphatic rings. The zero-order valence-electron chi connectivity index (χ0n) is 17.6. The number of carbonyl (C=O) groups excluding carboxylic acids is 1. The summed E-state index contributed by atoms with van der Waals surface area (Å²) in [5.74, 6) is 1.80. The highest BCUT2D eigenvalue weighted by atomic mass is 16.5. The number of nitrogens with zero attached hydrogens (tertiary/aromatic N) is 2. The summed E-state index contributed by atoms with van der Waals surface area (Å²) in [6.07, 6.45) is 4.49. The van der Waals surface area contributed by atoms with Gasteiger partial charge in [0.25, 0.3) is 5.91 Å². The Labute approximate surface area is 180 Å². The fourth-order valence-corrected chi connectivity index (χ4v) is 4.17. The van der Waals surface area contributed by atoms with Gasteiger partial charge in [-0.15, -0.1) is 0 Å². The average molecular weight is 414 g/mol. The number of rotatable bonds is 4. The number of carbonyl (C=O) groups is 1. The molecule has 6 heteroatoms. The smallest absolute Gasteiger partial charge is 0.260 e. The van der Waals surface area contributed by atoms with E-state index in [1.807, 2.05) is 30.6 Å². The third-order valence-electron chi connectivity index (χ3n) is 5.85. The van der Waals surface area contributed by atoms with Gasteiger partial charge < -0.3 is 19.1 Å². The summed E-state index contributed by atoms with van der Waals surface area (Å²) in [4.78, 5) is 19.7. The second-order valence-corrected chi connectivity index (χ2v) is 7.57. The first-order valence-electron chi connectivity index (χ1n) is 10.0. The van der Waals surface area contributed by atoms with Crippen LogP contribution in [0.2, 0.25) is 0 Å². The van der Waals surface area contributed by atoms with Gasteiger partial charge in [0.05, 0.1) is 38.6 Å². The minimum atomic E-state index is -0.126. The first kappa shape index (κ1) is 19.2. The van der Waals surface area contributed by atoms with Crippen LogP contribution in [0.5, 0.6) is 17.2 Å². The monoisotopic (exact) mass is 414 g/mol. The zero-order chi connectivity index (χ0) is 21.5. The second kappa shape index (κ2) is 7.47. The lowest BCUT2D eigenvalue weighted by atomic mass is 9.99. The quantitative estimate of drug-likeness (QED) is 0.613. The molecule has 0 unspecified atom stereocenters. The minimum Gasteiger partial charge on any atom is -0.497 e. The summed E-state index contributed by atoms with van der Waals surface area (Å²) in [5.41, 5.74) is 3.29. The third kappa shape index (κ3) is 3.20. The topological polar surface area (TPSA) is 60.4 Å². The number of benzene rings is 3. The number of fused-ring (bicyclic) bond motifs is 3. The molecule has 156 valence electrons. The van der Waals surface area contributed by atoms with Crippen molar-refractivity contribution in [2.24, 2.45) is 4.99 Å². The third-order valence-corrected chi connectivity index (χ3v) is 5.85. The van der Waals surface area contributed by atoms with E-state index in [2.05, 4.69) is 23.2 Å².